The first-order valence-electron chi connectivity index (χ1n) is 10.0. The van der Waals surface area contributed by atoms with Crippen molar-refractivity contribution in [3.63, 3.8) is 0 Å². The van der Waals surface area contributed by atoms with Gasteiger partial charge in [0.2, 0.25) is 11.8 Å². The van der Waals surface area contributed by atoms with E-state index < -0.39 is 6.04 Å². The van der Waals surface area contributed by atoms with Gasteiger partial charge in [0.25, 0.3) is 5.91 Å². The van der Waals surface area contributed by atoms with Gasteiger partial charge >= 0.3 is 0 Å². The molecule has 1 aromatic carbocycles. The summed E-state index contributed by atoms with van der Waals surface area (Å²) < 4.78 is 0. The lowest BCUT2D eigenvalue weighted by molar-refractivity contribution is -0.136. The van der Waals surface area contributed by atoms with Crippen molar-refractivity contribution in [1.29, 1.82) is 0 Å². The third-order valence-corrected chi connectivity index (χ3v) is 6.13. The van der Waals surface area contributed by atoms with Crippen molar-refractivity contribution in [1.82, 2.24) is 15.1 Å². The number of piperidine rings is 1. The number of piperazine rings is 1. The van der Waals surface area contributed by atoms with Crippen molar-refractivity contribution >= 4 is 23.4 Å². The molecular formula is C21H28N4O3. The molecule has 1 unspecified atom stereocenters. The Morgan fingerprint density at radius 3 is 2.39 bits per heavy atom. The van der Waals surface area contributed by atoms with Gasteiger partial charge in [-0.05, 0) is 39.3 Å². The number of hydrogen-bond acceptors (Lipinski definition) is 5. The van der Waals surface area contributed by atoms with Crippen LogP contribution >= 0.6 is 0 Å². The second-order valence-electron chi connectivity index (χ2n) is 8.85. The minimum absolute atomic E-state index is 0.111. The molecular weight excluding hydrogens is 356 g/mol. The van der Waals surface area contributed by atoms with Gasteiger partial charge in [-0.1, -0.05) is 6.07 Å². The topological polar surface area (TPSA) is 73.0 Å². The zero-order valence-corrected chi connectivity index (χ0v) is 16.8. The van der Waals surface area contributed by atoms with Crippen molar-refractivity contribution in [3.8, 4) is 0 Å². The van der Waals surface area contributed by atoms with Crippen LogP contribution in [-0.2, 0) is 16.1 Å². The molecule has 150 valence electrons. The van der Waals surface area contributed by atoms with Crippen LogP contribution in [0.5, 0.6) is 0 Å². The van der Waals surface area contributed by atoms with E-state index in [0.717, 1.165) is 37.4 Å². The number of carbonyl (C=O) groups is 3. The van der Waals surface area contributed by atoms with Crippen LogP contribution in [0, 0.1) is 0 Å². The van der Waals surface area contributed by atoms with Crippen molar-refractivity contribution in [2.45, 2.75) is 51.7 Å². The van der Waals surface area contributed by atoms with Gasteiger partial charge in [-0.2, -0.15) is 0 Å². The number of hydrogen-bond donors (Lipinski definition) is 1. The van der Waals surface area contributed by atoms with Crippen molar-refractivity contribution in [2.24, 2.45) is 0 Å². The monoisotopic (exact) mass is 384 g/mol. The Balaban J connectivity index is 1.54. The summed E-state index contributed by atoms with van der Waals surface area (Å²) in [7, 11) is 0. The Hall–Kier alpha value is -2.41. The highest BCUT2D eigenvalue weighted by Crippen LogP contribution is 2.34. The average molecular weight is 384 g/mol. The Bertz CT molecular complexity index is 821. The highest BCUT2D eigenvalue weighted by Gasteiger charge is 2.40. The molecule has 0 aromatic heterocycles. The minimum Gasteiger partial charge on any atom is -0.369 e. The number of anilines is 1. The predicted octanol–water partition coefficient (Wildman–Crippen LogP) is 1.37. The molecule has 3 amide bonds. The molecule has 7 heteroatoms. The van der Waals surface area contributed by atoms with E-state index in [4.69, 9.17) is 0 Å². The summed E-state index contributed by atoms with van der Waals surface area (Å²) in [5.41, 5.74) is 2.93. The molecule has 4 rings (SSSR count). The molecule has 1 N–H and O–H groups in total. The van der Waals surface area contributed by atoms with Gasteiger partial charge in [-0.25, -0.2) is 0 Å². The van der Waals surface area contributed by atoms with Crippen LogP contribution in [-0.4, -0.2) is 65.3 Å². The SMILES string of the molecule is CC(C)(C)N1CCN(c2cccc3c2CN(C2CCC(=O)NC2=O)C3=O)CC1. The summed E-state index contributed by atoms with van der Waals surface area (Å²) in [5, 5.41) is 2.36. The van der Waals surface area contributed by atoms with Crippen LogP contribution in [0.25, 0.3) is 0 Å². The third-order valence-electron chi connectivity index (χ3n) is 6.13. The largest absolute Gasteiger partial charge is 0.369 e. The number of rotatable bonds is 2. The van der Waals surface area contributed by atoms with E-state index in [0.29, 0.717) is 18.5 Å². The van der Waals surface area contributed by atoms with Crippen LogP contribution in [0.1, 0.15) is 49.5 Å². The van der Waals surface area contributed by atoms with Gasteiger partial charge in [-0.15, -0.1) is 0 Å². The molecule has 2 fully saturated rings. The molecule has 0 radical (unpaired) electrons. The highest BCUT2D eigenvalue weighted by atomic mass is 16.2. The van der Waals surface area contributed by atoms with E-state index in [1.807, 2.05) is 12.1 Å². The lowest BCUT2D eigenvalue weighted by Gasteiger charge is -2.43. The standard InChI is InChI=1S/C21H28N4O3/c1-21(2,3)24-11-9-23(10-12-24)16-6-4-5-14-15(16)13-25(20(14)28)17-7-8-18(26)22-19(17)27/h4-6,17H,7-13H2,1-3H3,(H,22,26,27). The van der Waals surface area contributed by atoms with Crippen molar-refractivity contribution < 1.29 is 14.4 Å². The van der Waals surface area contributed by atoms with Gasteiger partial charge in [0, 0.05) is 61.5 Å². The zero-order valence-electron chi connectivity index (χ0n) is 16.8. The van der Waals surface area contributed by atoms with Crippen LogP contribution in [0.3, 0.4) is 0 Å². The number of amides is 3. The van der Waals surface area contributed by atoms with Gasteiger partial charge in [0.15, 0.2) is 0 Å². The fraction of sp³-hybridized carbons (Fsp3) is 0.571. The van der Waals surface area contributed by atoms with E-state index in [9.17, 15) is 14.4 Å². The van der Waals surface area contributed by atoms with Gasteiger partial charge in [0.1, 0.15) is 6.04 Å². The molecule has 0 aliphatic carbocycles. The van der Waals surface area contributed by atoms with Gasteiger partial charge in [-0.3, -0.25) is 24.6 Å². The number of nitrogens with one attached hydrogen (secondary N) is 1. The number of nitrogens with zero attached hydrogens (tertiary/aromatic N) is 3. The maximum absolute atomic E-state index is 13.0. The predicted molar refractivity (Wildman–Crippen MR) is 106 cm³/mol. The van der Waals surface area contributed by atoms with Crippen LogP contribution in [0.4, 0.5) is 5.69 Å². The molecule has 3 aliphatic rings. The van der Waals surface area contributed by atoms with Crippen LogP contribution in [0.2, 0.25) is 0 Å². The second kappa shape index (κ2) is 6.88. The first-order valence-corrected chi connectivity index (χ1v) is 10.0. The molecule has 1 aromatic rings. The van der Waals surface area contributed by atoms with E-state index in [-0.39, 0.29) is 29.7 Å². The summed E-state index contributed by atoms with van der Waals surface area (Å²) in [6.45, 7) is 10.9. The van der Waals surface area contributed by atoms with E-state index in [2.05, 4.69) is 42.0 Å². The third kappa shape index (κ3) is 3.28. The molecule has 1 atom stereocenters. The number of benzene rings is 1. The molecule has 0 saturated carbocycles. The summed E-state index contributed by atoms with van der Waals surface area (Å²) in [5.74, 6) is -0.736. The lowest BCUT2D eigenvalue weighted by Crippen LogP contribution is -2.53. The Kier molecular flexibility index (Phi) is 4.65. The summed E-state index contributed by atoms with van der Waals surface area (Å²) in [4.78, 5) is 43.1. The second-order valence-corrected chi connectivity index (χ2v) is 8.85. The lowest BCUT2D eigenvalue weighted by atomic mass is 10.0. The molecule has 7 nitrogen and oxygen atoms in total. The van der Waals surface area contributed by atoms with Gasteiger partial charge < -0.3 is 9.80 Å². The van der Waals surface area contributed by atoms with E-state index in [1.54, 1.807) is 4.90 Å². The van der Waals surface area contributed by atoms with Crippen molar-refractivity contribution in [2.75, 3.05) is 31.1 Å². The fourth-order valence-electron chi connectivity index (χ4n) is 4.48. The Labute approximate surface area is 165 Å². The Morgan fingerprint density at radius 2 is 1.75 bits per heavy atom. The first kappa shape index (κ1) is 18.9. The van der Waals surface area contributed by atoms with E-state index in [1.165, 1.54) is 0 Å². The molecule has 0 bridgehead atoms. The zero-order chi connectivity index (χ0) is 20.1. The quantitative estimate of drug-likeness (QED) is 0.780. The maximum Gasteiger partial charge on any atom is 0.255 e. The summed E-state index contributed by atoms with van der Waals surface area (Å²) in [6.07, 6.45) is 0.669. The smallest absolute Gasteiger partial charge is 0.255 e. The Morgan fingerprint density at radius 1 is 1.04 bits per heavy atom. The molecule has 3 aliphatic heterocycles. The first-order chi connectivity index (χ1) is 13.3. The summed E-state index contributed by atoms with van der Waals surface area (Å²) in [6, 6.07) is 5.28. The minimum atomic E-state index is -0.566. The van der Waals surface area contributed by atoms with E-state index >= 15 is 0 Å². The maximum atomic E-state index is 13.0. The van der Waals surface area contributed by atoms with Crippen LogP contribution in [0.15, 0.2) is 18.2 Å². The molecule has 0 spiro atoms. The van der Waals surface area contributed by atoms with Crippen molar-refractivity contribution in [3.05, 3.63) is 29.3 Å². The normalized spacial score (nSPS) is 23.8. The number of fused-ring (bicyclic) bond motifs is 1. The number of imide groups is 1. The van der Waals surface area contributed by atoms with Gasteiger partial charge in [0.05, 0.1) is 0 Å². The molecule has 3 heterocycles. The highest BCUT2D eigenvalue weighted by molar-refractivity contribution is 6.06. The molecule has 28 heavy (non-hydrogen) atoms. The fourth-order valence-corrected chi connectivity index (χ4v) is 4.48. The van der Waals surface area contributed by atoms with Crippen LogP contribution < -0.4 is 10.2 Å². The number of carbonyl (C=O) groups excluding carboxylic acids is 3. The molecule has 2 saturated heterocycles. The summed E-state index contributed by atoms with van der Waals surface area (Å²) >= 11 is 0. The average Bonchev–Trinajstić information content (AvgIpc) is 2.98.